The van der Waals surface area contributed by atoms with E-state index in [1.54, 1.807) is 24.3 Å². The Morgan fingerprint density at radius 2 is 1.52 bits per heavy atom. The van der Waals surface area contributed by atoms with Crippen molar-refractivity contribution in [3.63, 3.8) is 0 Å². The number of benzene rings is 2. The molecule has 0 saturated heterocycles. The first-order valence-electron chi connectivity index (χ1n) is 9.51. The van der Waals surface area contributed by atoms with Gasteiger partial charge in [-0.3, -0.25) is 9.59 Å². The molecule has 0 radical (unpaired) electrons. The van der Waals surface area contributed by atoms with Gasteiger partial charge >= 0.3 is 0 Å². The number of rotatable bonds is 4. The molecule has 1 heterocycles. The monoisotopic (exact) mass is 390 g/mol. The Bertz CT molecular complexity index is 1030. The molecule has 0 aliphatic heterocycles. The maximum Gasteiger partial charge on any atom is 0.255 e. The molecule has 2 amide bonds. The number of carbonyl (C=O) groups is 2. The number of para-hydroxylation sites is 1. The fourth-order valence-corrected chi connectivity index (χ4v) is 2.85. The SMILES string of the molecule is Cc1nn(-c2ccccc2)c(C)c1NC(=O)c1ccc(NC(=O)C(C)(C)C)cc1. The van der Waals surface area contributed by atoms with Crippen LogP contribution in [0.3, 0.4) is 0 Å². The minimum Gasteiger partial charge on any atom is -0.326 e. The van der Waals surface area contributed by atoms with E-state index in [9.17, 15) is 9.59 Å². The highest BCUT2D eigenvalue weighted by molar-refractivity contribution is 6.05. The quantitative estimate of drug-likeness (QED) is 0.676. The van der Waals surface area contributed by atoms with E-state index in [2.05, 4.69) is 15.7 Å². The second-order valence-corrected chi connectivity index (χ2v) is 8.03. The van der Waals surface area contributed by atoms with Crippen LogP contribution in [-0.4, -0.2) is 21.6 Å². The van der Waals surface area contributed by atoms with Gasteiger partial charge in [-0.15, -0.1) is 0 Å². The van der Waals surface area contributed by atoms with E-state index in [-0.39, 0.29) is 11.8 Å². The van der Waals surface area contributed by atoms with E-state index >= 15 is 0 Å². The summed E-state index contributed by atoms with van der Waals surface area (Å²) in [6.07, 6.45) is 0. The molecule has 0 saturated carbocycles. The van der Waals surface area contributed by atoms with Crippen molar-refractivity contribution < 1.29 is 9.59 Å². The summed E-state index contributed by atoms with van der Waals surface area (Å²) in [7, 11) is 0. The number of nitrogens with zero attached hydrogens (tertiary/aromatic N) is 2. The Labute approximate surface area is 170 Å². The molecule has 0 aliphatic rings. The van der Waals surface area contributed by atoms with Gasteiger partial charge in [-0.05, 0) is 50.2 Å². The molecule has 1 aromatic heterocycles. The van der Waals surface area contributed by atoms with Crippen molar-refractivity contribution >= 4 is 23.2 Å². The Morgan fingerprint density at radius 1 is 0.897 bits per heavy atom. The van der Waals surface area contributed by atoms with Gasteiger partial charge in [-0.2, -0.15) is 5.10 Å². The van der Waals surface area contributed by atoms with Crippen molar-refractivity contribution in [2.45, 2.75) is 34.6 Å². The van der Waals surface area contributed by atoms with Crippen molar-refractivity contribution in [3.8, 4) is 5.69 Å². The van der Waals surface area contributed by atoms with Crippen LogP contribution in [0.4, 0.5) is 11.4 Å². The highest BCUT2D eigenvalue weighted by Gasteiger charge is 2.21. The van der Waals surface area contributed by atoms with Crippen molar-refractivity contribution in [3.05, 3.63) is 71.5 Å². The van der Waals surface area contributed by atoms with Crippen LogP contribution in [0.25, 0.3) is 5.69 Å². The van der Waals surface area contributed by atoms with Crippen LogP contribution in [-0.2, 0) is 4.79 Å². The van der Waals surface area contributed by atoms with Crippen molar-refractivity contribution in [2.24, 2.45) is 5.41 Å². The second kappa shape index (κ2) is 7.91. The zero-order valence-electron chi connectivity index (χ0n) is 17.4. The van der Waals surface area contributed by atoms with E-state index in [1.165, 1.54) is 0 Å². The maximum atomic E-state index is 12.7. The lowest BCUT2D eigenvalue weighted by atomic mass is 9.95. The Kier molecular flexibility index (Phi) is 5.55. The molecule has 0 atom stereocenters. The molecule has 150 valence electrons. The summed E-state index contributed by atoms with van der Waals surface area (Å²) in [5, 5.41) is 10.4. The number of carbonyl (C=O) groups excluding carboxylic acids is 2. The van der Waals surface area contributed by atoms with Crippen LogP contribution in [0.5, 0.6) is 0 Å². The van der Waals surface area contributed by atoms with Gasteiger partial charge in [-0.25, -0.2) is 4.68 Å². The molecule has 0 unspecified atom stereocenters. The normalized spacial score (nSPS) is 11.2. The molecule has 0 fully saturated rings. The summed E-state index contributed by atoms with van der Waals surface area (Å²) in [5.41, 5.74) is 3.92. The van der Waals surface area contributed by atoms with Gasteiger partial charge in [0, 0.05) is 16.7 Å². The van der Waals surface area contributed by atoms with Gasteiger partial charge in [-0.1, -0.05) is 39.0 Å². The number of anilines is 2. The summed E-state index contributed by atoms with van der Waals surface area (Å²) in [4.78, 5) is 24.8. The van der Waals surface area contributed by atoms with Gasteiger partial charge in [0.2, 0.25) is 5.91 Å². The first-order valence-corrected chi connectivity index (χ1v) is 9.51. The zero-order chi connectivity index (χ0) is 21.2. The molecule has 0 bridgehead atoms. The number of aromatic nitrogens is 2. The highest BCUT2D eigenvalue weighted by Crippen LogP contribution is 2.24. The molecular weight excluding hydrogens is 364 g/mol. The van der Waals surface area contributed by atoms with Crippen LogP contribution in [0.2, 0.25) is 0 Å². The van der Waals surface area contributed by atoms with E-state index in [1.807, 2.05) is 69.6 Å². The van der Waals surface area contributed by atoms with E-state index in [4.69, 9.17) is 0 Å². The number of hydrogen-bond acceptors (Lipinski definition) is 3. The van der Waals surface area contributed by atoms with E-state index in [0.717, 1.165) is 17.1 Å². The molecule has 29 heavy (non-hydrogen) atoms. The minimum atomic E-state index is -0.482. The Hall–Kier alpha value is -3.41. The van der Waals surface area contributed by atoms with Gasteiger partial charge in [0.05, 0.1) is 22.8 Å². The van der Waals surface area contributed by atoms with E-state index in [0.29, 0.717) is 16.9 Å². The third-order valence-corrected chi connectivity index (χ3v) is 4.62. The number of aryl methyl sites for hydroxylation is 1. The first-order chi connectivity index (χ1) is 13.7. The molecule has 2 N–H and O–H groups in total. The van der Waals surface area contributed by atoms with Gasteiger partial charge < -0.3 is 10.6 Å². The molecule has 6 heteroatoms. The highest BCUT2D eigenvalue weighted by atomic mass is 16.2. The first kappa shape index (κ1) is 20.3. The molecule has 3 aromatic rings. The average Bonchev–Trinajstić information content (AvgIpc) is 2.96. The standard InChI is InChI=1S/C23H26N4O2/c1-15-20(16(2)27(26-15)19-9-7-6-8-10-19)25-21(28)17-11-13-18(14-12-17)24-22(29)23(3,4)5/h6-14H,1-5H3,(H,24,29)(H,25,28). The smallest absolute Gasteiger partial charge is 0.255 e. The maximum absolute atomic E-state index is 12.7. The Morgan fingerprint density at radius 3 is 2.10 bits per heavy atom. The summed E-state index contributed by atoms with van der Waals surface area (Å²) >= 11 is 0. The Balaban J connectivity index is 1.76. The third kappa shape index (κ3) is 4.54. The largest absolute Gasteiger partial charge is 0.326 e. The molecule has 0 aliphatic carbocycles. The zero-order valence-corrected chi connectivity index (χ0v) is 17.4. The topological polar surface area (TPSA) is 76.0 Å². The number of nitrogens with one attached hydrogen (secondary N) is 2. The van der Waals surface area contributed by atoms with Crippen LogP contribution in [0, 0.1) is 19.3 Å². The lowest BCUT2D eigenvalue weighted by Crippen LogP contribution is -2.27. The molecular formula is C23H26N4O2. The van der Waals surface area contributed by atoms with Crippen molar-refractivity contribution in [1.29, 1.82) is 0 Å². The minimum absolute atomic E-state index is 0.0747. The molecule has 0 spiro atoms. The second-order valence-electron chi connectivity index (χ2n) is 8.03. The number of amides is 2. The average molecular weight is 390 g/mol. The summed E-state index contributed by atoms with van der Waals surface area (Å²) < 4.78 is 1.82. The predicted molar refractivity (Wildman–Crippen MR) is 116 cm³/mol. The van der Waals surface area contributed by atoms with Crippen LogP contribution >= 0.6 is 0 Å². The van der Waals surface area contributed by atoms with Gasteiger partial charge in [0.25, 0.3) is 5.91 Å². The number of hydrogen-bond donors (Lipinski definition) is 2. The van der Waals surface area contributed by atoms with Gasteiger partial charge in [0.15, 0.2) is 0 Å². The lowest BCUT2D eigenvalue weighted by Gasteiger charge is -2.17. The molecule has 3 rings (SSSR count). The fraction of sp³-hybridized carbons (Fsp3) is 0.261. The van der Waals surface area contributed by atoms with Crippen LogP contribution in [0.1, 0.15) is 42.5 Å². The molecule has 6 nitrogen and oxygen atoms in total. The third-order valence-electron chi connectivity index (χ3n) is 4.62. The van der Waals surface area contributed by atoms with E-state index < -0.39 is 5.41 Å². The summed E-state index contributed by atoms with van der Waals surface area (Å²) in [6.45, 7) is 9.35. The van der Waals surface area contributed by atoms with Gasteiger partial charge in [0.1, 0.15) is 0 Å². The molecule has 2 aromatic carbocycles. The summed E-state index contributed by atoms with van der Waals surface area (Å²) in [6, 6.07) is 16.6. The van der Waals surface area contributed by atoms with Crippen molar-refractivity contribution in [1.82, 2.24) is 9.78 Å². The lowest BCUT2D eigenvalue weighted by molar-refractivity contribution is -0.123. The predicted octanol–water partition coefficient (Wildman–Crippen LogP) is 4.73. The fourth-order valence-electron chi connectivity index (χ4n) is 2.85. The van der Waals surface area contributed by atoms with Crippen LogP contribution in [0.15, 0.2) is 54.6 Å². The van der Waals surface area contributed by atoms with Crippen LogP contribution < -0.4 is 10.6 Å². The van der Waals surface area contributed by atoms with Crippen molar-refractivity contribution in [2.75, 3.05) is 10.6 Å². The summed E-state index contributed by atoms with van der Waals surface area (Å²) in [5.74, 6) is -0.299.